The van der Waals surface area contributed by atoms with Crippen LogP contribution in [0.1, 0.15) is 25.3 Å². The molecule has 0 spiro atoms. The number of carbonyl (C=O) groups excluding carboxylic acids is 1. The summed E-state index contributed by atoms with van der Waals surface area (Å²) in [7, 11) is 0. The smallest absolute Gasteiger partial charge is 0.233 e. The third kappa shape index (κ3) is 5.68. The van der Waals surface area contributed by atoms with Gasteiger partial charge in [-0.1, -0.05) is 23.7 Å². The lowest BCUT2D eigenvalue weighted by Gasteiger charge is -2.12. The fourth-order valence-corrected chi connectivity index (χ4v) is 1.43. The Hall–Kier alpha value is -1.10. The van der Waals surface area contributed by atoms with Crippen molar-refractivity contribution in [2.75, 3.05) is 0 Å². The van der Waals surface area contributed by atoms with E-state index >= 15 is 0 Å². The molecule has 3 N–H and O–H groups in total. The highest BCUT2D eigenvalue weighted by Gasteiger charge is 2.06. The van der Waals surface area contributed by atoms with Crippen molar-refractivity contribution in [3.63, 3.8) is 0 Å². The van der Waals surface area contributed by atoms with Crippen LogP contribution in [0.4, 0.5) is 0 Å². The van der Waals surface area contributed by atoms with Crippen LogP contribution in [0, 0.1) is 0 Å². The number of hydrogen-bond acceptors (Lipinski definition) is 3. The molecule has 0 radical (unpaired) electrons. The zero-order chi connectivity index (χ0) is 12.7. The number of nitrogens with one attached hydrogen (secondary N) is 1. The van der Waals surface area contributed by atoms with Gasteiger partial charge >= 0.3 is 0 Å². The second kappa shape index (κ2) is 7.27. The minimum atomic E-state index is -0.174. The largest absolute Gasteiger partial charge is 0.374 e. The second-order valence-corrected chi connectivity index (χ2v) is 4.29. The van der Waals surface area contributed by atoms with E-state index in [0.29, 0.717) is 24.5 Å². The number of halogens is 1. The van der Waals surface area contributed by atoms with E-state index in [4.69, 9.17) is 22.2 Å². The van der Waals surface area contributed by atoms with Crippen LogP contribution in [0.15, 0.2) is 24.3 Å². The zero-order valence-corrected chi connectivity index (χ0v) is 10.5. The van der Waals surface area contributed by atoms with E-state index in [2.05, 4.69) is 5.43 Å². The Labute approximate surface area is 106 Å². The number of hydrogen-bond donors (Lipinski definition) is 2. The molecule has 0 aliphatic rings. The van der Waals surface area contributed by atoms with Gasteiger partial charge in [0.05, 0.1) is 12.7 Å². The highest BCUT2D eigenvalue weighted by Crippen LogP contribution is 2.12. The molecule has 0 bridgehead atoms. The highest BCUT2D eigenvalue weighted by molar-refractivity contribution is 6.30. The predicted octanol–water partition coefficient (Wildman–Crippen LogP) is 2.02. The van der Waals surface area contributed by atoms with Crippen molar-refractivity contribution < 1.29 is 9.53 Å². The first-order chi connectivity index (χ1) is 8.11. The molecule has 1 aromatic rings. The molecule has 1 amide bonds. The van der Waals surface area contributed by atoms with Crippen LogP contribution in [-0.2, 0) is 16.1 Å². The zero-order valence-electron chi connectivity index (χ0n) is 9.78. The molecule has 0 fully saturated rings. The Morgan fingerprint density at radius 2 is 2.12 bits per heavy atom. The molecule has 1 unspecified atom stereocenters. The molecule has 1 atom stereocenters. The molecule has 0 aliphatic carbocycles. The predicted molar refractivity (Wildman–Crippen MR) is 67.3 cm³/mol. The van der Waals surface area contributed by atoms with Gasteiger partial charge in [-0.15, -0.1) is 0 Å². The van der Waals surface area contributed by atoms with E-state index in [1.165, 1.54) is 0 Å². The molecule has 0 heterocycles. The van der Waals surface area contributed by atoms with E-state index in [0.717, 1.165) is 5.56 Å². The SMILES string of the molecule is CC(CCC(=O)NN)OCc1ccc(Cl)cc1. The minimum Gasteiger partial charge on any atom is -0.374 e. The van der Waals surface area contributed by atoms with Gasteiger partial charge in [0, 0.05) is 11.4 Å². The Kier molecular flexibility index (Phi) is 5.97. The van der Waals surface area contributed by atoms with E-state index < -0.39 is 0 Å². The molecule has 4 nitrogen and oxygen atoms in total. The van der Waals surface area contributed by atoms with Gasteiger partial charge in [0.15, 0.2) is 0 Å². The first-order valence-electron chi connectivity index (χ1n) is 5.47. The summed E-state index contributed by atoms with van der Waals surface area (Å²) < 4.78 is 5.60. The van der Waals surface area contributed by atoms with E-state index in [1.54, 1.807) is 0 Å². The quantitative estimate of drug-likeness (QED) is 0.465. The Morgan fingerprint density at radius 1 is 1.47 bits per heavy atom. The van der Waals surface area contributed by atoms with Gasteiger partial charge < -0.3 is 4.74 Å². The molecule has 0 saturated heterocycles. The average molecular weight is 257 g/mol. The number of carbonyl (C=O) groups is 1. The number of ether oxygens (including phenoxy) is 1. The summed E-state index contributed by atoms with van der Waals surface area (Å²) >= 11 is 5.78. The Balaban J connectivity index is 2.25. The molecule has 17 heavy (non-hydrogen) atoms. The van der Waals surface area contributed by atoms with Crippen molar-refractivity contribution >= 4 is 17.5 Å². The molecule has 0 aromatic heterocycles. The van der Waals surface area contributed by atoms with Crippen LogP contribution in [0.3, 0.4) is 0 Å². The molecule has 0 aliphatic heterocycles. The molecule has 5 heteroatoms. The number of amides is 1. The Bertz CT molecular complexity index is 354. The van der Waals surface area contributed by atoms with Crippen molar-refractivity contribution in [3.05, 3.63) is 34.9 Å². The first-order valence-corrected chi connectivity index (χ1v) is 5.85. The van der Waals surface area contributed by atoms with Gasteiger partial charge in [-0.25, -0.2) is 5.84 Å². The van der Waals surface area contributed by atoms with E-state index in [1.807, 2.05) is 31.2 Å². The van der Waals surface area contributed by atoms with Crippen LogP contribution in [-0.4, -0.2) is 12.0 Å². The maximum absolute atomic E-state index is 10.9. The maximum Gasteiger partial charge on any atom is 0.233 e. The summed E-state index contributed by atoms with van der Waals surface area (Å²) in [6.07, 6.45) is 1.04. The van der Waals surface area contributed by atoms with Crippen LogP contribution in [0.25, 0.3) is 0 Å². The van der Waals surface area contributed by atoms with Crippen molar-refractivity contribution in [3.8, 4) is 0 Å². The van der Waals surface area contributed by atoms with Crippen LogP contribution in [0.5, 0.6) is 0 Å². The van der Waals surface area contributed by atoms with Crippen molar-refractivity contribution in [1.82, 2.24) is 5.43 Å². The summed E-state index contributed by atoms with van der Waals surface area (Å²) in [4.78, 5) is 10.9. The average Bonchev–Trinajstić information content (AvgIpc) is 2.35. The first kappa shape index (κ1) is 14.0. The lowest BCUT2D eigenvalue weighted by atomic mass is 10.2. The normalized spacial score (nSPS) is 12.2. The molecular weight excluding hydrogens is 240 g/mol. The lowest BCUT2D eigenvalue weighted by Crippen LogP contribution is -2.30. The van der Waals surface area contributed by atoms with Crippen LogP contribution >= 0.6 is 11.6 Å². The molecule has 1 rings (SSSR count). The summed E-state index contributed by atoms with van der Waals surface area (Å²) in [5.74, 6) is 4.81. The lowest BCUT2D eigenvalue weighted by molar-refractivity contribution is -0.121. The van der Waals surface area contributed by atoms with Gasteiger partial charge in [0.1, 0.15) is 0 Å². The van der Waals surface area contributed by atoms with Gasteiger partial charge in [-0.05, 0) is 31.0 Å². The second-order valence-electron chi connectivity index (χ2n) is 3.85. The van der Waals surface area contributed by atoms with Gasteiger partial charge in [-0.3, -0.25) is 10.2 Å². The monoisotopic (exact) mass is 256 g/mol. The van der Waals surface area contributed by atoms with E-state index in [-0.39, 0.29) is 12.0 Å². The molecule has 1 aromatic carbocycles. The van der Waals surface area contributed by atoms with Crippen molar-refractivity contribution in [2.24, 2.45) is 5.84 Å². The summed E-state index contributed by atoms with van der Waals surface area (Å²) in [6, 6.07) is 7.49. The number of hydrazine groups is 1. The number of benzene rings is 1. The van der Waals surface area contributed by atoms with Crippen LogP contribution < -0.4 is 11.3 Å². The molecule has 0 saturated carbocycles. The topological polar surface area (TPSA) is 64.4 Å². The van der Waals surface area contributed by atoms with Gasteiger partial charge in [-0.2, -0.15) is 0 Å². The minimum absolute atomic E-state index is 0.0166. The van der Waals surface area contributed by atoms with Gasteiger partial charge in [0.25, 0.3) is 0 Å². The van der Waals surface area contributed by atoms with Crippen molar-refractivity contribution in [2.45, 2.75) is 32.5 Å². The summed E-state index contributed by atoms with van der Waals surface area (Å²) in [5, 5.41) is 0.710. The van der Waals surface area contributed by atoms with Crippen molar-refractivity contribution in [1.29, 1.82) is 0 Å². The third-order valence-corrected chi connectivity index (χ3v) is 2.64. The standard InChI is InChI=1S/C12H17ClN2O2/c1-9(2-7-12(16)15-14)17-8-10-3-5-11(13)6-4-10/h3-6,9H,2,7-8,14H2,1H3,(H,15,16). The van der Waals surface area contributed by atoms with E-state index in [9.17, 15) is 4.79 Å². The maximum atomic E-state index is 10.9. The molecule has 94 valence electrons. The number of rotatable bonds is 6. The fourth-order valence-electron chi connectivity index (χ4n) is 1.31. The van der Waals surface area contributed by atoms with Gasteiger partial charge in [0.2, 0.25) is 5.91 Å². The number of nitrogens with two attached hydrogens (primary N) is 1. The third-order valence-electron chi connectivity index (χ3n) is 2.39. The fraction of sp³-hybridized carbons (Fsp3) is 0.417. The highest BCUT2D eigenvalue weighted by atomic mass is 35.5. The van der Waals surface area contributed by atoms with Crippen LogP contribution in [0.2, 0.25) is 5.02 Å². The summed E-state index contributed by atoms with van der Waals surface area (Å²) in [5.41, 5.74) is 3.15. The molecular formula is C12H17ClN2O2. The Morgan fingerprint density at radius 3 is 2.71 bits per heavy atom. The summed E-state index contributed by atoms with van der Waals surface area (Å²) in [6.45, 7) is 2.45.